The molecule has 0 aromatic rings. The Kier molecular flexibility index (Phi) is 6.80. The number of nitrogens with two attached hydrogens (primary N) is 2. The first kappa shape index (κ1) is 22.6. The van der Waals surface area contributed by atoms with Gasteiger partial charge in [0.25, 0.3) is 0 Å². The van der Waals surface area contributed by atoms with Crippen LogP contribution < -0.4 is 16.8 Å². The van der Waals surface area contributed by atoms with Crippen LogP contribution in [0.1, 0.15) is 96.3 Å². The summed E-state index contributed by atoms with van der Waals surface area (Å²) in [6.45, 7) is 0. The zero-order valence-electron chi connectivity index (χ0n) is 19.8. The normalized spacial score (nSPS) is 45.0. The summed E-state index contributed by atoms with van der Waals surface area (Å²) >= 11 is 0. The Hall–Kier alpha value is -1.14. The molecule has 1 aliphatic heterocycles. The molecule has 4 aliphatic carbocycles. The number of likely N-dealkylation sites (tertiary alicyclic amines) is 1. The van der Waals surface area contributed by atoms with Gasteiger partial charge in [-0.2, -0.15) is 0 Å². The smallest absolute Gasteiger partial charge is 0.237 e. The van der Waals surface area contributed by atoms with E-state index in [0.29, 0.717) is 35.9 Å². The Balaban J connectivity index is 1.32. The van der Waals surface area contributed by atoms with Gasteiger partial charge in [-0.1, -0.05) is 25.7 Å². The highest BCUT2D eigenvalue weighted by Gasteiger charge is 2.51. The molecule has 32 heavy (non-hydrogen) atoms. The maximum absolute atomic E-state index is 13.6. The number of nitrogens with zero attached hydrogens (tertiary/aromatic N) is 1. The van der Waals surface area contributed by atoms with E-state index in [1.807, 2.05) is 0 Å². The molecule has 0 spiro atoms. The van der Waals surface area contributed by atoms with E-state index in [0.717, 1.165) is 63.2 Å². The van der Waals surface area contributed by atoms with Crippen molar-refractivity contribution in [2.24, 2.45) is 35.1 Å². The molecule has 4 saturated carbocycles. The van der Waals surface area contributed by atoms with Crippen LogP contribution in [0.3, 0.4) is 0 Å². The molecule has 6 heteroatoms. The van der Waals surface area contributed by atoms with Crippen LogP contribution in [0.25, 0.3) is 0 Å². The third kappa shape index (κ3) is 4.59. The fourth-order valence-corrected chi connectivity index (χ4v) is 8.22. The number of hydrogen-bond donors (Lipinski definition) is 4. The van der Waals surface area contributed by atoms with Crippen LogP contribution in [0.2, 0.25) is 0 Å². The minimum atomic E-state index is 0.0106. The molecule has 0 bridgehead atoms. The Morgan fingerprint density at radius 1 is 0.812 bits per heavy atom. The maximum atomic E-state index is 13.6. The second-order valence-electron chi connectivity index (χ2n) is 11.9. The quantitative estimate of drug-likeness (QED) is 0.394. The fourth-order valence-electron chi connectivity index (χ4n) is 8.22. The zero-order valence-corrected chi connectivity index (χ0v) is 19.8. The lowest BCUT2D eigenvalue weighted by atomic mass is 9.68. The second kappa shape index (κ2) is 9.61. The van der Waals surface area contributed by atoms with Gasteiger partial charge in [-0.3, -0.25) is 15.1 Å². The molecule has 6 N–H and O–H groups in total. The van der Waals surface area contributed by atoms with Crippen LogP contribution in [0.4, 0.5) is 0 Å². The molecule has 5 aliphatic rings. The van der Waals surface area contributed by atoms with Crippen LogP contribution in [-0.4, -0.2) is 46.9 Å². The summed E-state index contributed by atoms with van der Waals surface area (Å²) in [6.07, 6.45) is 17.7. The molecule has 7 unspecified atom stereocenters. The van der Waals surface area contributed by atoms with E-state index in [-0.39, 0.29) is 17.9 Å². The molecule has 0 aromatic heterocycles. The van der Waals surface area contributed by atoms with Crippen molar-refractivity contribution in [2.75, 3.05) is 0 Å². The van der Waals surface area contributed by atoms with Crippen LogP contribution in [0, 0.1) is 29.1 Å². The molecule has 5 fully saturated rings. The van der Waals surface area contributed by atoms with Crippen LogP contribution >= 0.6 is 0 Å². The SMILES string of the molecule is N=C(N)C1CCC2CC(C(=O)NC3CCC(N)CC3)N(C3CCC4CCCCC4C3)C2C1. The number of carbonyl (C=O) groups is 1. The molecule has 1 saturated heterocycles. The monoisotopic (exact) mass is 443 g/mol. The van der Waals surface area contributed by atoms with E-state index in [9.17, 15) is 4.79 Å². The van der Waals surface area contributed by atoms with E-state index in [2.05, 4.69) is 10.2 Å². The summed E-state index contributed by atoms with van der Waals surface area (Å²) in [7, 11) is 0. The lowest BCUT2D eigenvalue weighted by Gasteiger charge is -2.47. The molecule has 7 atom stereocenters. The first-order chi connectivity index (χ1) is 15.5. The van der Waals surface area contributed by atoms with Crippen molar-refractivity contribution >= 4 is 11.7 Å². The largest absolute Gasteiger partial charge is 0.387 e. The number of amidine groups is 1. The average Bonchev–Trinajstić information content (AvgIpc) is 3.19. The van der Waals surface area contributed by atoms with Crippen LogP contribution in [-0.2, 0) is 4.79 Å². The lowest BCUT2D eigenvalue weighted by Crippen LogP contribution is -2.55. The maximum Gasteiger partial charge on any atom is 0.237 e. The molecule has 0 aromatic carbocycles. The summed E-state index contributed by atoms with van der Waals surface area (Å²) in [5.74, 6) is 3.19. The van der Waals surface area contributed by atoms with E-state index < -0.39 is 0 Å². The molecule has 6 nitrogen and oxygen atoms in total. The Morgan fingerprint density at radius 2 is 1.53 bits per heavy atom. The minimum Gasteiger partial charge on any atom is -0.387 e. The van der Waals surface area contributed by atoms with Gasteiger partial charge >= 0.3 is 0 Å². The highest BCUT2D eigenvalue weighted by molar-refractivity contribution is 5.83. The first-order valence-corrected chi connectivity index (χ1v) is 13.7. The van der Waals surface area contributed by atoms with Gasteiger partial charge < -0.3 is 16.8 Å². The predicted molar refractivity (Wildman–Crippen MR) is 128 cm³/mol. The van der Waals surface area contributed by atoms with Crippen LogP contribution in [0.5, 0.6) is 0 Å². The predicted octanol–water partition coefficient (Wildman–Crippen LogP) is 3.53. The zero-order chi connectivity index (χ0) is 22.2. The van der Waals surface area contributed by atoms with E-state index >= 15 is 0 Å². The molecular weight excluding hydrogens is 398 g/mol. The molecule has 0 radical (unpaired) electrons. The van der Waals surface area contributed by atoms with Gasteiger partial charge in [0.1, 0.15) is 0 Å². The van der Waals surface area contributed by atoms with Crippen molar-refractivity contribution in [1.82, 2.24) is 10.2 Å². The van der Waals surface area contributed by atoms with Gasteiger partial charge in [-0.05, 0) is 88.4 Å². The number of amides is 1. The topological polar surface area (TPSA) is 108 Å². The molecular formula is C26H45N5O. The molecule has 1 amide bonds. The Bertz CT molecular complexity index is 690. The number of hydrogen-bond acceptors (Lipinski definition) is 4. The van der Waals surface area contributed by atoms with Gasteiger partial charge in [-0.15, -0.1) is 0 Å². The number of fused-ring (bicyclic) bond motifs is 2. The van der Waals surface area contributed by atoms with E-state index in [1.54, 1.807) is 0 Å². The highest BCUT2D eigenvalue weighted by Crippen LogP contribution is 2.48. The number of rotatable bonds is 4. The standard InChI is InChI=1S/C26H45N5O/c27-20-8-10-21(11-9-20)30-26(32)24-14-18-5-6-19(25(28)29)15-23(18)31(24)22-12-7-16-3-1-2-4-17(16)13-22/h16-24H,1-15,27H2,(H3,28,29)(H,30,32). The molecule has 1 heterocycles. The molecule has 5 rings (SSSR count). The summed E-state index contributed by atoms with van der Waals surface area (Å²) in [5.41, 5.74) is 12.1. The Morgan fingerprint density at radius 3 is 2.28 bits per heavy atom. The minimum absolute atomic E-state index is 0.0106. The van der Waals surface area contributed by atoms with Crippen molar-refractivity contribution in [3.8, 4) is 0 Å². The van der Waals surface area contributed by atoms with Crippen molar-refractivity contribution in [1.29, 1.82) is 5.41 Å². The van der Waals surface area contributed by atoms with Crippen molar-refractivity contribution in [3.63, 3.8) is 0 Å². The van der Waals surface area contributed by atoms with Gasteiger partial charge in [0.2, 0.25) is 5.91 Å². The summed E-state index contributed by atoms with van der Waals surface area (Å²) < 4.78 is 0. The van der Waals surface area contributed by atoms with E-state index in [1.165, 1.54) is 44.9 Å². The lowest BCUT2D eigenvalue weighted by molar-refractivity contribution is -0.128. The highest BCUT2D eigenvalue weighted by atomic mass is 16.2. The number of nitrogens with one attached hydrogen (secondary N) is 2. The van der Waals surface area contributed by atoms with Crippen LogP contribution in [0.15, 0.2) is 0 Å². The van der Waals surface area contributed by atoms with Gasteiger partial charge in [0, 0.05) is 30.1 Å². The average molecular weight is 444 g/mol. The second-order valence-corrected chi connectivity index (χ2v) is 11.9. The van der Waals surface area contributed by atoms with Gasteiger partial charge in [0.15, 0.2) is 0 Å². The van der Waals surface area contributed by atoms with Gasteiger partial charge in [-0.25, -0.2) is 0 Å². The first-order valence-electron chi connectivity index (χ1n) is 13.7. The van der Waals surface area contributed by atoms with Crippen molar-refractivity contribution in [3.05, 3.63) is 0 Å². The summed E-state index contributed by atoms with van der Waals surface area (Å²) in [5, 5.41) is 11.5. The molecule has 180 valence electrons. The van der Waals surface area contributed by atoms with Crippen molar-refractivity contribution in [2.45, 2.75) is 127 Å². The van der Waals surface area contributed by atoms with E-state index in [4.69, 9.17) is 16.9 Å². The third-order valence-corrected chi connectivity index (χ3v) is 10.0. The van der Waals surface area contributed by atoms with Crippen molar-refractivity contribution < 1.29 is 4.79 Å². The van der Waals surface area contributed by atoms with Gasteiger partial charge in [0.05, 0.1) is 11.9 Å². The fraction of sp³-hybridized carbons (Fsp3) is 0.923. The Labute approximate surface area is 194 Å². The number of carbonyl (C=O) groups excluding carboxylic acids is 1. The summed E-state index contributed by atoms with van der Waals surface area (Å²) in [4.78, 5) is 16.3. The third-order valence-electron chi connectivity index (χ3n) is 10.0. The summed E-state index contributed by atoms with van der Waals surface area (Å²) in [6, 6.07) is 1.58.